The number of rotatable bonds is 8. The molecule has 5 heteroatoms. The van der Waals surface area contributed by atoms with Gasteiger partial charge in [-0.3, -0.25) is 14.7 Å². The molecular weight excluding hydrogens is 442 g/mol. The van der Waals surface area contributed by atoms with Crippen molar-refractivity contribution in [2.75, 3.05) is 13.1 Å². The quantitative estimate of drug-likeness (QED) is 0.411. The molecule has 1 saturated heterocycles. The highest BCUT2D eigenvalue weighted by atomic mass is 35.5. The van der Waals surface area contributed by atoms with Gasteiger partial charge in [-0.2, -0.15) is 0 Å². The summed E-state index contributed by atoms with van der Waals surface area (Å²) in [5.41, 5.74) is 3.12. The fourth-order valence-electron chi connectivity index (χ4n) is 5.30. The summed E-state index contributed by atoms with van der Waals surface area (Å²) in [6.07, 6.45) is 7.00. The van der Waals surface area contributed by atoms with Crippen LogP contribution in [0.15, 0.2) is 79.0 Å². The monoisotopic (exact) mass is 473 g/mol. The third-order valence-corrected chi connectivity index (χ3v) is 7.41. The van der Waals surface area contributed by atoms with Crippen molar-refractivity contribution in [2.45, 2.75) is 50.7 Å². The molecule has 0 bridgehead atoms. The average molecular weight is 474 g/mol. The molecule has 1 aliphatic carbocycles. The summed E-state index contributed by atoms with van der Waals surface area (Å²) in [4.78, 5) is 22.8. The number of carbonyl (C=O) groups excluding carboxylic acids is 1. The highest BCUT2D eigenvalue weighted by Crippen LogP contribution is 2.36. The smallest absolute Gasteiger partial charge is 0.272 e. The topological polar surface area (TPSA) is 36.4 Å². The van der Waals surface area contributed by atoms with Gasteiger partial charge in [0.15, 0.2) is 0 Å². The van der Waals surface area contributed by atoms with Crippen molar-refractivity contribution in [1.29, 1.82) is 0 Å². The maximum atomic E-state index is 13.7. The number of amides is 1. The van der Waals surface area contributed by atoms with E-state index < -0.39 is 0 Å². The summed E-state index contributed by atoms with van der Waals surface area (Å²) in [7, 11) is 0. The SMILES string of the molecule is O=C(c1ccccn1)N(C1CC1)[C@@H](Cc1ccccc1)C1CCN(Cc2cccc(Cl)c2)CC1. The fourth-order valence-corrected chi connectivity index (χ4v) is 5.51. The average Bonchev–Trinajstić information content (AvgIpc) is 3.71. The van der Waals surface area contributed by atoms with Gasteiger partial charge in [0.2, 0.25) is 0 Å². The van der Waals surface area contributed by atoms with Gasteiger partial charge in [0.1, 0.15) is 5.69 Å². The van der Waals surface area contributed by atoms with Crippen LogP contribution in [0, 0.1) is 5.92 Å². The Labute approximate surface area is 207 Å². The molecule has 5 rings (SSSR count). The lowest BCUT2D eigenvalue weighted by Crippen LogP contribution is -2.50. The highest BCUT2D eigenvalue weighted by Gasteiger charge is 2.41. The molecule has 1 aromatic heterocycles. The van der Waals surface area contributed by atoms with Gasteiger partial charge in [0, 0.05) is 29.8 Å². The molecule has 4 nitrogen and oxygen atoms in total. The van der Waals surface area contributed by atoms with Crippen molar-refractivity contribution >= 4 is 17.5 Å². The molecule has 34 heavy (non-hydrogen) atoms. The molecule has 2 fully saturated rings. The lowest BCUT2D eigenvalue weighted by Gasteiger charge is -2.42. The number of piperidine rings is 1. The highest BCUT2D eigenvalue weighted by molar-refractivity contribution is 6.30. The fraction of sp³-hybridized carbons (Fsp3) is 0.379. The van der Waals surface area contributed by atoms with E-state index in [0.29, 0.717) is 17.7 Å². The Balaban J connectivity index is 1.34. The Morgan fingerprint density at radius 3 is 2.35 bits per heavy atom. The zero-order valence-corrected chi connectivity index (χ0v) is 20.3. The van der Waals surface area contributed by atoms with Gasteiger partial charge in [-0.25, -0.2) is 0 Å². The van der Waals surface area contributed by atoms with E-state index in [1.807, 2.05) is 30.3 Å². The molecule has 0 radical (unpaired) electrons. The van der Waals surface area contributed by atoms with Crippen molar-refractivity contribution < 1.29 is 4.79 Å². The van der Waals surface area contributed by atoms with Crippen molar-refractivity contribution in [3.63, 3.8) is 0 Å². The number of nitrogens with zero attached hydrogens (tertiary/aromatic N) is 3. The van der Waals surface area contributed by atoms with E-state index in [4.69, 9.17) is 11.6 Å². The third kappa shape index (κ3) is 5.68. The summed E-state index contributed by atoms with van der Waals surface area (Å²) in [5, 5.41) is 0.795. The van der Waals surface area contributed by atoms with Crippen molar-refractivity contribution in [2.24, 2.45) is 5.92 Å². The van der Waals surface area contributed by atoms with Crippen LogP contribution in [-0.4, -0.2) is 45.9 Å². The minimum Gasteiger partial charge on any atom is -0.331 e. The largest absolute Gasteiger partial charge is 0.331 e. The molecule has 1 amide bonds. The predicted molar refractivity (Wildman–Crippen MR) is 137 cm³/mol. The maximum Gasteiger partial charge on any atom is 0.272 e. The van der Waals surface area contributed by atoms with Gasteiger partial charge >= 0.3 is 0 Å². The first-order valence-corrected chi connectivity index (χ1v) is 12.8. The summed E-state index contributed by atoms with van der Waals surface area (Å²) < 4.78 is 0. The molecule has 0 unspecified atom stereocenters. The number of benzene rings is 2. The van der Waals surface area contributed by atoms with Crippen molar-refractivity contribution in [1.82, 2.24) is 14.8 Å². The second kappa shape index (κ2) is 10.7. The second-order valence-electron chi connectivity index (χ2n) is 9.66. The van der Waals surface area contributed by atoms with Gasteiger partial charge in [0.25, 0.3) is 5.91 Å². The van der Waals surface area contributed by atoms with Crippen LogP contribution in [0.25, 0.3) is 0 Å². The number of hydrogen-bond donors (Lipinski definition) is 0. The first-order valence-electron chi connectivity index (χ1n) is 12.4. The van der Waals surface area contributed by atoms with Crippen molar-refractivity contribution in [3.8, 4) is 0 Å². The van der Waals surface area contributed by atoms with Crippen LogP contribution in [0.3, 0.4) is 0 Å². The molecule has 1 saturated carbocycles. The number of halogens is 1. The summed E-state index contributed by atoms with van der Waals surface area (Å²) in [6, 6.07) is 25.0. The van der Waals surface area contributed by atoms with Crippen LogP contribution in [-0.2, 0) is 13.0 Å². The van der Waals surface area contributed by atoms with Crippen LogP contribution in [0.4, 0.5) is 0 Å². The van der Waals surface area contributed by atoms with E-state index in [1.54, 1.807) is 6.20 Å². The van der Waals surface area contributed by atoms with Gasteiger partial charge < -0.3 is 4.90 Å². The first kappa shape index (κ1) is 23.1. The summed E-state index contributed by atoms with van der Waals surface area (Å²) in [5.74, 6) is 0.564. The Morgan fingerprint density at radius 1 is 0.941 bits per heavy atom. The molecule has 176 valence electrons. The number of likely N-dealkylation sites (tertiary alicyclic amines) is 1. The minimum atomic E-state index is 0.0883. The maximum absolute atomic E-state index is 13.7. The van der Waals surface area contributed by atoms with Gasteiger partial charge in [-0.05, 0) is 86.5 Å². The van der Waals surface area contributed by atoms with E-state index in [2.05, 4.69) is 57.2 Å². The number of hydrogen-bond acceptors (Lipinski definition) is 3. The molecule has 0 N–H and O–H groups in total. The van der Waals surface area contributed by atoms with Crippen molar-refractivity contribution in [3.05, 3.63) is 101 Å². The number of aromatic nitrogens is 1. The van der Waals surface area contributed by atoms with E-state index in [1.165, 1.54) is 11.1 Å². The lowest BCUT2D eigenvalue weighted by molar-refractivity contribution is 0.0477. The Bertz CT molecular complexity index is 1080. The van der Waals surface area contributed by atoms with Crippen LogP contribution < -0.4 is 0 Å². The van der Waals surface area contributed by atoms with E-state index >= 15 is 0 Å². The van der Waals surface area contributed by atoms with Crippen LogP contribution in [0.2, 0.25) is 5.02 Å². The predicted octanol–water partition coefficient (Wildman–Crippen LogP) is 5.86. The molecular formula is C29H32ClN3O. The normalized spacial score (nSPS) is 17.9. The molecule has 0 spiro atoms. The molecule has 1 aliphatic heterocycles. The lowest BCUT2D eigenvalue weighted by atomic mass is 9.84. The molecule has 2 aromatic carbocycles. The standard InChI is InChI=1S/C29H32ClN3O/c30-25-10-6-9-23(19-25)21-32-17-14-24(15-18-32)28(20-22-7-2-1-3-8-22)33(26-12-13-26)29(34)27-11-4-5-16-31-27/h1-11,16,19,24,26,28H,12-15,17-18,20-21H2/t28-/m0/s1. The van der Waals surface area contributed by atoms with Crippen LogP contribution in [0.5, 0.6) is 0 Å². The number of pyridine rings is 1. The minimum absolute atomic E-state index is 0.0883. The number of carbonyl (C=O) groups is 1. The Kier molecular flexibility index (Phi) is 7.27. The summed E-state index contributed by atoms with van der Waals surface area (Å²) >= 11 is 6.19. The van der Waals surface area contributed by atoms with E-state index in [0.717, 1.165) is 56.8 Å². The van der Waals surface area contributed by atoms with E-state index in [-0.39, 0.29) is 11.9 Å². The molecule has 3 aromatic rings. The second-order valence-corrected chi connectivity index (χ2v) is 10.1. The zero-order chi connectivity index (χ0) is 23.3. The molecule has 1 atom stereocenters. The van der Waals surface area contributed by atoms with E-state index in [9.17, 15) is 4.79 Å². The van der Waals surface area contributed by atoms with Crippen LogP contribution in [0.1, 0.15) is 47.3 Å². The van der Waals surface area contributed by atoms with Gasteiger partial charge in [0.05, 0.1) is 0 Å². The van der Waals surface area contributed by atoms with Crippen LogP contribution >= 0.6 is 11.6 Å². The molecule has 2 heterocycles. The summed E-state index contributed by atoms with van der Waals surface area (Å²) in [6.45, 7) is 3.01. The van der Waals surface area contributed by atoms with Gasteiger partial charge in [-0.15, -0.1) is 0 Å². The zero-order valence-electron chi connectivity index (χ0n) is 19.5. The Morgan fingerprint density at radius 2 is 1.68 bits per heavy atom. The molecule has 2 aliphatic rings. The Hall–Kier alpha value is -2.69. The van der Waals surface area contributed by atoms with Gasteiger partial charge in [-0.1, -0.05) is 60.1 Å². The first-order chi connectivity index (χ1) is 16.7. The third-order valence-electron chi connectivity index (χ3n) is 7.18.